The van der Waals surface area contributed by atoms with Crippen LogP contribution in [0, 0.1) is 5.82 Å². The predicted molar refractivity (Wildman–Crippen MR) is 140 cm³/mol. The maximum Gasteiger partial charge on any atom is 0.259 e. The first-order valence-electron chi connectivity index (χ1n) is 11.8. The molecule has 186 valence electrons. The smallest absolute Gasteiger partial charge is 0.259 e. The van der Waals surface area contributed by atoms with E-state index in [-0.39, 0.29) is 11.8 Å². The third-order valence-electron chi connectivity index (χ3n) is 6.54. The van der Waals surface area contributed by atoms with Gasteiger partial charge in [-0.2, -0.15) is 0 Å². The fourth-order valence-corrected chi connectivity index (χ4v) is 4.74. The van der Waals surface area contributed by atoms with Crippen molar-refractivity contribution >= 4 is 23.2 Å². The summed E-state index contributed by atoms with van der Waals surface area (Å²) in [6.07, 6.45) is 0. The normalized spacial score (nSPS) is 16.6. The molecule has 0 fully saturated rings. The topological polar surface area (TPSA) is 67.9 Å². The molecule has 4 aromatic rings. The van der Waals surface area contributed by atoms with Crippen LogP contribution in [0.25, 0.3) is 0 Å². The molecule has 1 heterocycles. The van der Waals surface area contributed by atoms with Crippen LogP contribution in [-0.2, 0) is 4.79 Å². The summed E-state index contributed by atoms with van der Waals surface area (Å²) < 4.78 is 24.1. The summed E-state index contributed by atoms with van der Waals surface area (Å²) >= 11 is 0. The summed E-state index contributed by atoms with van der Waals surface area (Å²) in [6.45, 7) is 0. The number of ether oxygens (including phenoxy) is 2. The Morgan fingerprint density at radius 3 is 2.03 bits per heavy atom. The first kappa shape index (κ1) is 24.1. The molecule has 2 atom stereocenters. The highest BCUT2D eigenvalue weighted by atomic mass is 19.1. The zero-order valence-electron chi connectivity index (χ0n) is 20.4. The van der Waals surface area contributed by atoms with E-state index in [1.165, 1.54) is 24.3 Å². The minimum atomic E-state index is -0.755. The van der Waals surface area contributed by atoms with Gasteiger partial charge in [-0.05, 0) is 77.9 Å². The molecule has 0 bridgehead atoms. The lowest BCUT2D eigenvalue weighted by Crippen LogP contribution is -2.46. The number of carbonyl (C=O) groups is 2. The number of hydrogen-bond acceptors (Lipinski definition) is 4. The number of benzene rings is 4. The van der Waals surface area contributed by atoms with Crippen LogP contribution in [0.5, 0.6) is 11.5 Å². The molecule has 0 radical (unpaired) electrons. The number of halogens is 1. The molecular formula is C30H25FN2O4. The van der Waals surface area contributed by atoms with Crippen molar-refractivity contribution in [1.82, 2.24) is 0 Å². The van der Waals surface area contributed by atoms with E-state index in [0.29, 0.717) is 34.0 Å². The second kappa shape index (κ2) is 10.1. The van der Waals surface area contributed by atoms with Gasteiger partial charge in [-0.3, -0.25) is 14.5 Å². The molecule has 5 rings (SSSR count). The Morgan fingerprint density at radius 2 is 1.41 bits per heavy atom. The van der Waals surface area contributed by atoms with E-state index in [0.717, 1.165) is 5.56 Å². The number of anilines is 2. The second-order valence-electron chi connectivity index (χ2n) is 8.65. The Morgan fingerprint density at radius 1 is 0.811 bits per heavy atom. The molecular weight excluding hydrogens is 471 g/mol. The number of rotatable bonds is 6. The van der Waals surface area contributed by atoms with Crippen LogP contribution < -0.4 is 19.7 Å². The molecule has 1 aliphatic rings. The van der Waals surface area contributed by atoms with Crippen molar-refractivity contribution in [3.05, 3.63) is 120 Å². The Kier molecular flexibility index (Phi) is 6.60. The van der Waals surface area contributed by atoms with Crippen molar-refractivity contribution in [3.63, 3.8) is 0 Å². The van der Waals surface area contributed by atoms with Crippen LogP contribution >= 0.6 is 0 Å². The van der Waals surface area contributed by atoms with Gasteiger partial charge in [0.05, 0.1) is 26.2 Å². The maximum atomic E-state index is 13.9. The zero-order chi connectivity index (χ0) is 25.9. The molecule has 0 aliphatic carbocycles. The average Bonchev–Trinajstić information content (AvgIpc) is 2.94. The van der Waals surface area contributed by atoms with Gasteiger partial charge in [-0.25, -0.2) is 4.39 Å². The van der Waals surface area contributed by atoms with Crippen molar-refractivity contribution < 1.29 is 23.5 Å². The molecule has 7 heteroatoms. The number of carbonyl (C=O) groups excluding carboxylic acids is 2. The van der Waals surface area contributed by atoms with E-state index in [1.807, 2.05) is 36.4 Å². The quantitative estimate of drug-likeness (QED) is 0.357. The van der Waals surface area contributed by atoms with Crippen molar-refractivity contribution in [1.29, 1.82) is 0 Å². The minimum Gasteiger partial charge on any atom is -0.497 e. The van der Waals surface area contributed by atoms with Crippen LogP contribution in [-0.4, -0.2) is 26.0 Å². The molecule has 1 aliphatic heterocycles. The van der Waals surface area contributed by atoms with Gasteiger partial charge < -0.3 is 14.8 Å². The molecule has 2 amide bonds. The lowest BCUT2D eigenvalue weighted by molar-refractivity contribution is -0.118. The maximum absolute atomic E-state index is 13.9. The standard InChI is InChI=1S/C30H25FN2O4/c1-36-23-15-7-19(8-16-23)28-27(29(34)32-21-11-9-20(31)10-12-21)25-5-3-4-6-26(25)30(35)33(28)22-13-17-24(37-2)18-14-22/h3-18,27-28H,1-2H3,(H,32,34)/t27-,28+/m0/s1. The zero-order valence-corrected chi connectivity index (χ0v) is 20.4. The largest absolute Gasteiger partial charge is 0.497 e. The van der Waals surface area contributed by atoms with Crippen LogP contribution in [0.3, 0.4) is 0 Å². The summed E-state index contributed by atoms with van der Waals surface area (Å²) in [7, 11) is 3.16. The van der Waals surface area contributed by atoms with Gasteiger partial charge in [0, 0.05) is 16.9 Å². The minimum absolute atomic E-state index is 0.215. The fraction of sp³-hybridized carbons (Fsp3) is 0.133. The van der Waals surface area contributed by atoms with E-state index in [9.17, 15) is 14.0 Å². The van der Waals surface area contributed by atoms with Crippen LogP contribution in [0.15, 0.2) is 97.1 Å². The van der Waals surface area contributed by atoms with Gasteiger partial charge in [0.1, 0.15) is 17.3 Å². The average molecular weight is 497 g/mol. The van der Waals surface area contributed by atoms with Crippen molar-refractivity contribution in [2.45, 2.75) is 12.0 Å². The Balaban J connectivity index is 1.67. The van der Waals surface area contributed by atoms with Crippen molar-refractivity contribution in [2.75, 3.05) is 24.4 Å². The molecule has 0 saturated heterocycles. The molecule has 0 saturated carbocycles. The summed E-state index contributed by atoms with van der Waals surface area (Å²) in [5.41, 5.74) is 2.92. The van der Waals surface area contributed by atoms with E-state index in [2.05, 4.69) is 5.32 Å². The van der Waals surface area contributed by atoms with E-state index in [4.69, 9.17) is 9.47 Å². The summed E-state index contributed by atoms with van der Waals surface area (Å²) in [5, 5.41) is 2.92. The van der Waals surface area contributed by atoms with E-state index < -0.39 is 17.8 Å². The summed E-state index contributed by atoms with van der Waals surface area (Å²) in [5.74, 6) is -0.365. The third-order valence-corrected chi connectivity index (χ3v) is 6.54. The van der Waals surface area contributed by atoms with Crippen LogP contribution in [0.1, 0.15) is 33.4 Å². The second-order valence-corrected chi connectivity index (χ2v) is 8.65. The van der Waals surface area contributed by atoms with Gasteiger partial charge in [0.2, 0.25) is 5.91 Å². The van der Waals surface area contributed by atoms with Crippen molar-refractivity contribution in [3.8, 4) is 11.5 Å². The fourth-order valence-electron chi connectivity index (χ4n) is 4.74. The summed E-state index contributed by atoms with van der Waals surface area (Å²) in [6, 6.07) is 26.6. The Bertz CT molecular complexity index is 1420. The highest BCUT2D eigenvalue weighted by Crippen LogP contribution is 2.46. The molecule has 0 spiro atoms. The van der Waals surface area contributed by atoms with Gasteiger partial charge in [0.25, 0.3) is 5.91 Å². The van der Waals surface area contributed by atoms with Crippen molar-refractivity contribution in [2.24, 2.45) is 0 Å². The molecule has 1 N–H and O–H groups in total. The lowest BCUT2D eigenvalue weighted by Gasteiger charge is -2.42. The third kappa shape index (κ3) is 4.63. The Labute approximate surface area is 214 Å². The van der Waals surface area contributed by atoms with Gasteiger partial charge in [0.15, 0.2) is 0 Å². The van der Waals surface area contributed by atoms with Gasteiger partial charge in [-0.15, -0.1) is 0 Å². The Hall–Kier alpha value is -4.65. The van der Waals surface area contributed by atoms with Gasteiger partial charge >= 0.3 is 0 Å². The van der Waals surface area contributed by atoms with Crippen LogP contribution in [0.4, 0.5) is 15.8 Å². The van der Waals surface area contributed by atoms with E-state index >= 15 is 0 Å². The van der Waals surface area contributed by atoms with E-state index in [1.54, 1.807) is 55.5 Å². The molecule has 4 aromatic carbocycles. The van der Waals surface area contributed by atoms with Crippen LogP contribution in [0.2, 0.25) is 0 Å². The lowest BCUT2D eigenvalue weighted by atomic mass is 9.78. The number of nitrogens with one attached hydrogen (secondary N) is 1. The number of amides is 2. The molecule has 6 nitrogen and oxygen atoms in total. The molecule has 0 unspecified atom stereocenters. The monoisotopic (exact) mass is 496 g/mol. The molecule has 0 aromatic heterocycles. The number of methoxy groups -OCH3 is 2. The number of hydrogen-bond donors (Lipinski definition) is 1. The highest BCUT2D eigenvalue weighted by molar-refractivity contribution is 6.12. The molecule has 37 heavy (non-hydrogen) atoms. The highest BCUT2D eigenvalue weighted by Gasteiger charge is 2.45. The number of nitrogens with zero attached hydrogens (tertiary/aromatic N) is 1. The first-order valence-corrected chi connectivity index (χ1v) is 11.8. The SMILES string of the molecule is COc1ccc([C@@H]2[C@@H](C(=O)Nc3ccc(F)cc3)c3ccccc3C(=O)N2c2ccc(OC)cc2)cc1. The first-order chi connectivity index (χ1) is 18.0. The predicted octanol–water partition coefficient (Wildman–Crippen LogP) is 5.97. The summed E-state index contributed by atoms with van der Waals surface area (Å²) in [4.78, 5) is 29.5. The number of fused-ring (bicyclic) bond motifs is 1. The van der Waals surface area contributed by atoms with Gasteiger partial charge in [-0.1, -0.05) is 30.3 Å².